The van der Waals surface area contributed by atoms with E-state index in [4.69, 9.17) is 0 Å². The molecule has 4 aliphatic rings. The minimum atomic E-state index is -1.09. The monoisotopic (exact) mass is 401 g/mol. The van der Waals surface area contributed by atoms with Gasteiger partial charge in [-0.15, -0.1) is 0 Å². The number of amides is 3. The number of aryl methyl sites for hydroxylation is 2. The van der Waals surface area contributed by atoms with Crippen molar-refractivity contribution in [1.29, 1.82) is 0 Å². The molecule has 6 rings (SSSR count). The van der Waals surface area contributed by atoms with Crippen LogP contribution in [0, 0.1) is 25.7 Å². The van der Waals surface area contributed by atoms with Crippen molar-refractivity contribution in [3.05, 3.63) is 59.2 Å². The van der Waals surface area contributed by atoms with Crippen LogP contribution >= 0.6 is 0 Å². The molecule has 30 heavy (non-hydrogen) atoms. The number of para-hydroxylation sites is 1. The van der Waals surface area contributed by atoms with Crippen LogP contribution < -0.4 is 10.2 Å². The first-order valence-corrected chi connectivity index (χ1v) is 10.6. The Labute approximate surface area is 174 Å². The van der Waals surface area contributed by atoms with Crippen LogP contribution in [-0.4, -0.2) is 35.2 Å². The number of hydrogen-bond acceptors (Lipinski definition) is 4. The van der Waals surface area contributed by atoms with Gasteiger partial charge in [0, 0.05) is 17.3 Å². The third-order valence-corrected chi connectivity index (χ3v) is 7.49. The van der Waals surface area contributed by atoms with Crippen LogP contribution in [0.4, 0.5) is 11.4 Å². The molecule has 1 N–H and O–H groups in total. The molecule has 0 aromatic heterocycles. The highest BCUT2D eigenvalue weighted by molar-refractivity contribution is 6.26. The Hall–Kier alpha value is -2.99. The molecule has 2 aromatic carbocycles. The van der Waals surface area contributed by atoms with Crippen LogP contribution in [0.15, 0.2) is 42.5 Å². The minimum absolute atomic E-state index is 0.0842. The molecule has 0 unspecified atom stereocenters. The summed E-state index contributed by atoms with van der Waals surface area (Å²) in [5, 5.41) is 3.00. The van der Waals surface area contributed by atoms with Gasteiger partial charge in [0.15, 0.2) is 0 Å². The Kier molecular flexibility index (Phi) is 3.44. The quantitative estimate of drug-likeness (QED) is 0.746. The van der Waals surface area contributed by atoms with Crippen molar-refractivity contribution in [2.24, 2.45) is 11.8 Å². The molecule has 6 heteroatoms. The number of carbonyl (C=O) groups excluding carboxylic acids is 3. The summed E-state index contributed by atoms with van der Waals surface area (Å²) < 4.78 is 0. The first kappa shape index (κ1) is 17.8. The maximum atomic E-state index is 13.9. The molecule has 4 heterocycles. The molecule has 4 atom stereocenters. The van der Waals surface area contributed by atoms with E-state index in [0.717, 1.165) is 41.8 Å². The van der Waals surface area contributed by atoms with Crippen molar-refractivity contribution < 1.29 is 14.4 Å². The van der Waals surface area contributed by atoms with E-state index in [2.05, 4.69) is 10.2 Å². The SMILES string of the molecule is Cc1ccc(N2C(=O)[C@H]3[C@@H](C2=O)[C@]2(C(=O)Nc4ccccc42)N2CCC[C@@H]32)c(C)c1. The highest BCUT2D eigenvalue weighted by atomic mass is 16.2. The van der Waals surface area contributed by atoms with E-state index < -0.39 is 17.4 Å². The number of imide groups is 1. The number of nitrogens with zero attached hydrogens (tertiary/aromatic N) is 2. The number of rotatable bonds is 1. The van der Waals surface area contributed by atoms with Gasteiger partial charge in [0.1, 0.15) is 5.54 Å². The van der Waals surface area contributed by atoms with Crippen molar-refractivity contribution in [3.8, 4) is 0 Å². The number of anilines is 2. The highest BCUT2D eigenvalue weighted by Gasteiger charge is 2.74. The fourth-order valence-electron chi connectivity index (χ4n) is 6.45. The van der Waals surface area contributed by atoms with Gasteiger partial charge in [-0.25, -0.2) is 4.90 Å². The summed E-state index contributed by atoms with van der Waals surface area (Å²) in [4.78, 5) is 44.6. The molecule has 3 amide bonds. The maximum Gasteiger partial charge on any atom is 0.250 e. The Balaban J connectivity index is 1.56. The predicted octanol–water partition coefficient (Wildman–Crippen LogP) is 2.73. The van der Waals surface area contributed by atoms with Crippen molar-refractivity contribution in [1.82, 2.24) is 4.90 Å². The molecule has 2 aromatic rings. The smallest absolute Gasteiger partial charge is 0.250 e. The lowest BCUT2D eigenvalue weighted by atomic mass is 9.75. The average molecular weight is 401 g/mol. The first-order valence-electron chi connectivity index (χ1n) is 10.6. The molecular formula is C24H23N3O3. The van der Waals surface area contributed by atoms with Gasteiger partial charge in [0.2, 0.25) is 17.7 Å². The van der Waals surface area contributed by atoms with Crippen LogP contribution in [0.5, 0.6) is 0 Å². The third kappa shape index (κ3) is 1.90. The fourth-order valence-corrected chi connectivity index (χ4v) is 6.45. The maximum absolute atomic E-state index is 13.9. The van der Waals surface area contributed by atoms with Crippen molar-refractivity contribution in [2.45, 2.75) is 38.3 Å². The number of fused-ring (bicyclic) bond motifs is 7. The zero-order valence-corrected chi connectivity index (χ0v) is 17.0. The van der Waals surface area contributed by atoms with Crippen LogP contribution in [0.1, 0.15) is 29.5 Å². The zero-order chi connectivity index (χ0) is 20.8. The van der Waals surface area contributed by atoms with E-state index in [1.807, 2.05) is 56.3 Å². The second-order valence-corrected chi connectivity index (χ2v) is 8.97. The summed E-state index contributed by atoms with van der Waals surface area (Å²) in [7, 11) is 0. The van der Waals surface area contributed by atoms with Gasteiger partial charge >= 0.3 is 0 Å². The first-order chi connectivity index (χ1) is 14.5. The number of carbonyl (C=O) groups is 3. The van der Waals surface area contributed by atoms with Crippen molar-refractivity contribution in [2.75, 3.05) is 16.8 Å². The molecule has 3 saturated heterocycles. The van der Waals surface area contributed by atoms with Crippen molar-refractivity contribution in [3.63, 3.8) is 0 Å². The molecule has 1 spiro atoms. The second kappa shape index (κ2) is 5.79. The van der Waals surface area contributed by atoms with Gasteiger partial charge in [0.05, 0.1) is 17.5 Å². The standard InChI is InChI=1S/C24H23N3O3/c1-13-9-10-17(14(2)12-13)27-21(28)19-18-8-5-11-26(18)24(20(19)22(27)29)15-6-3-4-7-16(15)25-23(24)30/h3-4,6-7,9-10,12,18-20H,5,8,11H2,1-2H3,(H,25,30)/t18-,19+,20-,24+/m0/s1. The average Bonchev–Trinajstić information content (AvgIpc) is 3.41. The lowest BCUT2D eigenvalue weighted by molar-refractivity contribution is -0.135. The Bertz CT molecular complexity index is 1140. The topological polar surface area (TPSA) is 69.7 Å². The fraction of sp³-hybridized carbons (Fsp3) is 0.375. The van der Waals surface area contributed by atoms with Gasteiger partial charge in [-0.3, -0.25) is 19.3 Å². The van der Waals surface area contributed by atoms with Crippen molar-refractivity contribution >= 4 is 29.1 Å². The van der Waals surface area contributed by atoms with Crippen LogP contribution in [0.25, 0.3) is 0 Å². The van der Waals surface area contributed by atoms with E-state index in [-0.39, 0.29) is 23.8 Å². The normalized spacial score (nSPS) is 32.0. The Morgan fingerprint density at radius 1 is 1.03 bits per heavy atom. The van der Waals surface area contributed by atoms with E-state index >= 15 is 0 Å². The molecule has 0 bridgehead atoms. The summed E-state index contributed by atoms with van der Waals surface area (Å²) >= 11 is 0. The number of nitrogens with one attached hydrogen (secondary N) is 1. The van der Waals surface area contributed by atoms with Crippen LogP contribution in [-0.2, 0) is 19.9 Å². The lowest BCUT2D eigenvalue weighted by Crippen LogP contribution is -2.54. The van der Waals surface area contributed by atoms with Crippen LogP contribution in [0.2, 0.25) is 0 Å². The second-order valence-electron chi connectivity index (χ2n) is 8.97. The van der Waals surface area contributed by atoms with Gasteiger partial charge in [-0.1, -0.05) is 35.9 Å². The molecule has 0 aliphatic carbocycles. The van der Waals surface area contributed by atoms with Gasteiger partial charge < -0.3 is 5.32 Å². The van der Waals surface area contributed by atoms with E-state index in [9.17, 15) is 14.4 Å². The molecule has 152 valence electrons. The highest BCUT2D eigenvalue weighted by Crippen LogP contribution is 2.60. The van der Waals surface area contributed by atoms with Gasteiger partial charge in [-0.2, -0.15) is 0 Å². The lowest BCUT2D eigenvalue weighted by Gasteiger charge is -2.36. The minimum Gasteiger partial charge on any atom is -0.324 e. The molecule has 3 fully saturated rings. The summed E-state index contributed by atoms with van der Waals surface area (Å²) in [5.74, 6) is -1.77. The van der Waals surface area contributed by atoms with E-state index in [1.165, 1.54) is 4.90 Å². The summed E-state index contributed by atoms with van der Waals surface area (Å²) in [6.45, 7) is 4.64. The summed E-state index contributed by atoms with van der Waals surface area (Å²) in [6, 6.07) is 13.3. The Morgan fingerprint density at radius 2 is 1.83 bits per heavy atom. The molecule has 0 saturated carbocycles. The third-order valence-electron chi connectivity index (χ3n) is 7.49. The Morgan fingerprint density at radius 3 is 2.63 bits per heavy atom. The summed E-state index contributed by atoms with van der Waals surface area (Å²) in [6.07, 6.45) is 1.76. The number of hydrogen-bond donors (Lipinski definition) is 1. The molecule has 6 nitrogen and oxygen atoms in total. The zero-order valence-electron chi connectivity index (χ0n) is 17.0. The molecular weight excluding hydrogens is 378 g/mol. The van der Waals surface area contributed by atoms with Gasteiger partial charge in [-0.05, 0) is 50.9 Å². The summed E-state index contributed by atoms with van der Waals surface area (Å²) in [5.41, 5.74) is 3.10. The number of benzene rings is 2. The van der Waals surface area contributed by atoms with E-state index in [0.29, 0.717) is 5.69 Å². The van der Waals surface area contributed by atoms with Gasteiger partial charge in [0.25, 0.3) is 0 Å². The molecule has 4 aliphatic heterocycles. The van der Waals surface area contributed by atoms with Crippen LogP contribution in [0.3, 0.4) is 0 Å². The molecule has 0 radical (unpaired) electrons. The van der Waals surface area contributed by atoms with E-state index in [1.54, 1.807) is 0 Å². The largest absolute Gasteiger partial charge is 0.324 e. The predicted molar refractivity (Wildman–Crippen MR) is 112 cm³/mol.